The van der Waals surface area contributed by atoms with Gasteiger partial charge >= 0.3 is 0 Å². The third kappa shape index (κ3) is 4.45. The minimum atomic E-state index is -0.587. The topological polar surface area (TPSA) is 103 Å². The molecule has 2 aromatic heterocycles. The van der Waals surface area contributed by atoms with E-state index in [0.29, 0.717) is 16.7 Å². The number of hydrogen-bond donors (Lipinski definition) is 3. The van der Waals surface area contributed by atoms with Crippen LogP contribution in [0, 0.1) is 0 Å². The Morgan fingerprint density at radius 2 is 1.79 bits per heavy atom. The van der Waals surface area contributed by atoms with Crippen LogP contribution in [-0.4, -0.2) is 40.0 Å². The highest BCUT2D eigenvalue weighted by Gasteiger charge is 2.26. The first kappa shape index (κ1) is 21.9. The molecule has 4 aromatic rings. The van der Waals surface area contributed by atoms with Crippen molar-refractivity contribution in [2.75, 3.05) is 18.4 Å². The van der Waals surface area contributed by atoms with E-state index < -0.39 is 5.54 Å². The van der Waals surface area contributed by atoms with Gasteiger partial charge in [-0.25, -0.2) is 0 Å². The summed E-state index contributed by atoms with van der Waals surface area (Å²) in [4.78, 5) is 28.0. The second kappa shape index (κ2) is 8.79. The van der Waals surface area contributed by atoms with E-state index in [2.05, 4.69) is 25.7 Å². The first-order valence-electron chi connectivity index (χ1n) is 11.4. The van der Waals surface area contributed by atoms with Crippen LogP contribution in [0.1, 0.15) is 52.3 Å². The fourth-order valence-electron chi connectivity index (χ4n) is 4.03. The van der Waals surface area contributed by atoms with Crippen LogP contribution < -0.4 is 10.6 Å². The Labute approximate surface area is 197 Å². The van der Waals surface area contributed by atoms with Crippen molar-refractivity contribution in [2.45, 2.75) is 32.4 Å². The number of carbonyl (C=O) groups excluding carboxylic acids is 2. The number of furan rings is 1. The van der Waals surface area contributed by atoms with Gasteiger partial charge < -0.3 is 15.1 Å². The van der Waals surface area contributed by atoms with Crippen LogP contribution in [0.4, 0.5) is 5.82 Å². The maximum absolute atomic E-state index is 12.9. The van der Waals surface area contributed by atoms with E-state index in [9.17, 15) is 9.59 Å². The molecule has 1 aliphatic rings. The predicted molar refractivity (Wildman–Crippen MR) is 130 cm³/mol. The molecule has 1 aliphatic heterocycles. The van der Waals surface area contributed by atoms with Crippen molar-refractivity contribution < 1.29 is 14.0 Å². The molecule has 0 aliphatic carbocycles. The number of nitrogens with one attached hydrogen (secondary N) is 3. The largest absolute Gasteiger partial charge is 0.445 e. The smallest absolute Gasteiger partial charge is 0.287 e. The van der Waals surface area contributed by atoms with Crippen molar-refractivity contribution in [2.24, 2.45) is 0 Å². The maximum atomic E-state index is 12.9. The van der Waals surface area contributed by atoms with Crippen molar-refractivity contribution >= 4 is 28.7 Å². The van der Waals surface area contributed by atoms with E-state index in [0.717, 1.165) is 25.2 Å². The maximum Gasteiger partial charge on any atom is 0.287 e. The molecule has 8 heteroatoms. The second-order valence-corrected chi connectivity index (χ2v) is 9.15. The van der Waals surface area contributed by atoms with Gasteiger partial charge in [-0.3, -0.25) is 19.6 Å². The van der Waals surface area contributed by atoms with Gasteiger partial charge in [0.1, 0.15) is 5.52 Å². The number of benzene rings is 2. The van der Waals surface area contributed by atoms with Crippen LogP contribution in [0.25, 0.3) is 11.1 Å². The van der Waals surface area contributed by atoms with Gasteiger partial charge in [-0.15, -0.1) is 0 Å². The fourth-order valence-corrected chi connectivity index (χ4v) is 4.03. The molecular weight excluding hydrogens is 430 g/mol. The lowest BCUT2D eigenvalue weighted by atomic mass is 9.94. The molecule has 0 atom stereocenters. The molecule has 8 nitrogen and oxygen atoms in total. The summed E-state index contributed by atoms with van der Waals surface area (Å²) in [6.45, 7) is 7.02. The first-order chi connectivity index (χ1) is 16.4. The molecule has 3 heterocycles. The second-order valence-electron chi connectivity index (χ2n) is 9.15. The van der Waals surface area contributed by atoms with E-state index >= 15 is 0 Å². The lowest BCUT2D eigenvalue weighted by molar-refractivity contribution is 0.0885. The van der Waals surface area contributed by atoms with Crippen LogP contribution >= 0.6 is 0 Å². The highest BCUT2D eigenvalue weighted by Crippen LogP contribution is 2.26. The molecule has 2 amide bonds. The van der Waals surface area contributed by atoms with Gasteiger partial charge in [0.05, 0.1) is 5.54 Å². The number of likely N-dealkylation sites (tertiary alicyclic amines) is 1. The van der Waals surface area contributed by atoms with Crippen LogP contribution in [0.2, 0.25) is 0 Å². The van der Waals surface area contributed by atoms with Crippen LogP contribution in [0.15, 0.2) is 65.1 Å². The molecule has 174 valence electrons. The molecule has 0 radical (unpaired) electrons. The number of H-pyrrole nitrogens is 1. The number of amides is 2. The summed E-state index contributed by atoms with van der Waals surface area (Å²) >= 11 is 0. The van der Waals surface area contributed by atoms with Crippen molar-refractivity contribution in [3.8, 4) is 0 Å². The zero-order valence-corrected chi connectivity index (χ0v) is 19.2. The molecule has 0 unspecified atom stereocenters. The zero-order valence-electron chi connectivity index (χ0n) is 19.2. The SMILES string of the molecule is CC(C)(NC(=O)c1cc2[nH]nc(NC(=O)c3ccc(CN4CCC4)cc3)c2o1)c1ccccc1. The number of aromatic amines is 1. The Kier molecular flexibility index (Phi) is 5.67. The summed E-state index contributed by atoms with van der Waals surface area (Å²) < 4.78 is 5.78. The Balaban J connectivity index is 1.27. The summed E-state index contributed by atoms with van der Waals surface area (Å²) in [6, 6.07) is 18.8. The van der Waals surface area contributed by atoms with Crippen LogP contribution in [0.3, 0.4) is 0 Å². The lowest BCUT2D eigenvalue weighted by Gasteiger charge is -2.30. The van der Waals surface area contributed by atoms with Crippen molar-refractivity contribution in [3.63, 3.8) is 0 Å². The summed E-state index contributed by atoms with van der Waals surface area (Å²) in [5, 5.41) is 12.7. The average Bonchev–Trinajstić information content (AvgIpc) is 3.39. The number of hydrogen-bond acceptors (Lipinski definition) is 5. The Bertz CT molecular complexity index is 1320. The molecule has 1 fully saturated rings. The normalized spacial score (nSPS) is 14.1. The molecule has 1 saturated heterocycles. The molecule has 0 saturated carbocycles. The van der Waals surface area contributed by atoms with Gasteiger partial charge in [-0.2, -0.15) is 5.10 Å². The van der Waals surface area contributed by atoms with Crippen LogP contribution in [0.5, 0.6) is 0 Å². The zero-order chi connectivity index (χ0) is 23.7. The summed E-state index contributed by atoms with van der Waals surface area (Å²) in [5.74, 6) is -0.269. The van der Waals surface area contributed by atoms with Gasteiger partial charge in [0.2, 0.25) is 0 Å². The van der Waals surface area contributed by atoms with E-state index in [1.807, 2.05) is 56.3 Å². The Morgan fingerprint density at radius 3 is 2.47 bits per heavy atom. The predicted octanol–water partition coefficient (Wildman–Crippen LogP) is 4.28. The number of fused-ring (bicyclic) bond motifs is 1. The molecule has 0 spiro atoms. The monoisotopic (exact) mass is 457 g/mol. The van der Waals surface area contributed by atoms with E-state index in [4.69, 9.17) is 4.42 Å². The Morgan fingerprint density at radius 1 is 1.06 bits per heavy atom. The van der Waals surface area contributed by atoms with E-state index in [1.165, 1.54) is 12.0 Å². The number of aromatic nitrogens is 2. The van der Waals surface area contributed by atoms with E-state index in [-0.39, 0.29) is 23.4 Å². The van der Waals surface area contributed by atoms with Gasteiger partial charge in [0.15, 0.2) is 17.2 Å². The quantitative estimate of drug-likeness (QED) is 0.384. The lowest BCUT2D eigenvalue weighted by Crippen LogP contribution is -2.40. The molecule has 2 aromatic carbocycles. The highest BCUT2D eigenvalue weighted by molar-refractivity contribution is 6.07. The minimum absolute atomic E-state index is 0.138. The Hall–Kier alpha value is -3.91. The molecule has 3 N–H and O–H groups in total. The molecule has 34 heavy (non-hydrogen) atoms. The van der Waals surface area contributed by atoms with Crippen molar-refractivity contribution in [3.05, 3.63) is 83.1 Å². The third-order valence-corrected chi connectivity index (χ3v) is 6.18. The summed E-state index contributed by atoms with van der Waals surface area (Å²) in [7, 11) is 0. The van der Waals surface area contributed by atoms with Gasteiger partial charge in [-0.05, 0) is 56.6 Å². The summed E-state index contributed by atoms with van der Waals surface area (Å²) in [5.41, 5.74) is 2.95. The minimum Gasteiger partial charge on any atom is -0.445 e. The average molecular weight is 458 g/mol. The molecular formula is C26H27N5O3. The van der Waals surface area contributed by atoms with Gasteiger partial charge in [0, 0.05) is 18.2 Å². The highest BCUT2D eigenvalue weighted by atomic mass is 16.3. The number of rotatable bonds is 7. The van der Waals surface area contributed by atoms with E-state index in [1.54, 1.807) is 18.2 Å². The summed E-state index contributed by atoms with van der Waals surface area (Å²) in [6.07, 6.45) is 1.25. The standard InChI is InChI=1S/C26H27N5O3/c1-26(2,19-7-4-3-5-8-19)28-25(33)21-15-20-22(34-21)23(30-29-20)27-24(32)18-11-9-17(10-12-18)16-31-13-6-14-31/h3-5,7-12,15H,6,13-14,16H2,1-2H3,(H,28,33)(H2,27,29,30,32). The van der Waals surface area contributed by atoms with Gasteiger partial charge in [0.25, 0.3) is 11.8 Å². The van der Waals surface area contributed by atoms with Crippen LogP contribution in [-0.2, 0) is 12.1 Å². The number of nitrogens with zero attached hydrogens (tertiary/aromatic N) is 2. The van der Waals surface area contributed by atoms with Crippen molar-refractivity contribution in [1.29, 1.82) is 0 Å². The molecule has 5 rings (SSSR count). The van der Waals surface area contributed by atoms with Crippen molar-refractivity contribution in [1.82, 2.24) is 20.4 Å². The van der Waals surface area contributed by atoms with Gasteiger partial charge in [-0.1, -0.05) is 42.5 Å². The number of anilines is 1. The number of carbonyl (C=O) groups is 2. The first-order valence-corrected chi connectivity index (χ1v) is 11.4. The molecule has 0 bridgehead atoms. The third-order valence-electron chi connectivity index (χ3n) is 6.18. The fraction of sp³-hybridized carbons (Fsp3) is 0.269.